The number of fused-ring (bicyclic) bond motifs is 2. The summed E-state index contributed by atoms with van der Waals surface area (Å²) in [6.45, 7) is 5.77. The van der Waals surface area contributed by atoms with Crippen LogP contribution in [0.5, 0.6) is 0 Å². The highest BCUT2D eigenvalue weighted by molar-refractivity contribution is 6.06. The lowest BCUT2D eigenvalue weighted by Crippen LogP contribution is -2.68. The fourth-order valence-corrected chi connectivity index (χ4v) is 5.70. The molecule has 2 unspecified atom stereocenters. The highest BCUT2D eigenvalue weighted by Gasteiger charge is 2.45. The first kappa shape index (κ1) is 27.7. The van der Waals surface area contributed by atoms with Gasteiger partial charge in [-0.05, 0) is 37.8 Å². The van der Waals surface area contributed by atoms with Gasteiger partial charge in [0, 0.05) is 37.3 Å². The van der Waals surface area contributed by atoms with Crippen molar-refractivity contribution >= 4 is 34.5 Å². The molecule has 3 aliphatic rings. The maximum Gasteiger partial charge on any atom is 0.310 e. The molecule has 1 aromatic carbocycles. The minimum absolute atomic E-state index is 0.00253. The first-order chi connectivity index (χ1) is 19.4. The van der Waals surface area contributed by atoms with Gasteiger partial charge in [0.25, 0.3) is 5.91 Å². The molecule has 5 rings (SSSR count). The molecule has 2 saturated heterocycles. The Kier molecular flexibility index (Phi) is 8.41. The number of pyridine rings is 1. The Bertz CT molecular complexity index is 1310. The first-order valence-electron chi connectivity index (χ1n) is 13.8. The normalized spacial score (nSPS) is 27.9. The second-order valence-electron chi connectivity index (χ2n) is 10.2. The molecule has 212 valence electrons. The van der Waals surface area contributed by atoms with Crippen molar-refractivity contribution in [3.63, 3.8) is 0 Å². The molecule has 1 aromatic heterocycles. The maximum absolute atomic E-state index is 14.1. The van der Waals surface area contributed by atoms with Crippen molar-refractivity contribution in [1.82, 2.24) is 25.4 Å². The SMILES string of the molecule is CCOC1OC(=O)CC1NC(=O)[C@@H]1CN(CC)C[C@@H]2C/C=C\C[C@H](NC(=O)c3nccc4ccccc34)C(=O)N21. The summed E-state index contributed by atoms with van der Waals surface area (Å²) in [6, 6.07) is 6.69. The van der Waals surface area contributed by atoms with E-state index in [-0.39, 0.29) is 30.0 Å². The third-order valence-corrected chi connectivity index (χ3v) is 7.69. The molecule has 2 N–H and O–H groups in total. The number of amides is 3. The largest absolute Gasteiger partial charge is 0.433 e. The predicted octanol–water partition coefficient (Wildman–Crippen LogP) is 1.38. The van der Waals surface area contributed by atoms with E-state index in [1.54, 1.807) is 18.0 Å². The van der Waals surface area contributed by atoms with Crippen LogP contribution < -0.4 is 10.6 Å². The third kappa shape index (κ3) is 5.71. The van der Waals surface area contributed by atoms with E-state index in [1.165, 1.54) is 0 Å². The number of nitrogens with one attached hydrogen (secondary N) is 2. The summed E-state index contributed by atoms with van der Waals surface area (Å²) in [5.74, 6) is -1.60. The molecule has 0 bridgehead atoms. The van der Waals surface area contributed by atoms with Crippen LogP contribution in [-0.4, -0.2) is 95.2 Å². The Balaban J connectivity index is 1.39. The number of piperazine rings is 1. The highest BCUT2D eigenvalue weighted by Crippen LogP contribution is 2.25. The molecule has 0 aliphatic carbocycles. The van der Waals surface area contributed by atoms with Gasteiger partial charge >= 0.3 is 5.97 Å². The lowest BCUT2D eigenvalue weighted by atomic mass is 9.96. The Morgan fingerprint density at radius 1 is 1.07 bits per heavy atom. The third-order valence-electron chi connectivity index (χ3n) is 7.69. The van der Waals surface area contributed by atoms with Crippen LogP contribution in [0.4, 0.5) is 0 Å². The second kappa shape index (κ2) is 12.1. The molecule has 0 radical (unpaired) electrons. The summed E-state index contributed by atoms with van der Waals surface area (Å²) in [7, 11) is 0. The highest BCUT2D eigenvalue weighted by atomic mass is 16.7. The molecule has 0 saturated carbocycles. The summed E-state index contributed by atoms with van der Waals surface area (Å²) in [5, 5.41) is 7.36. The van der Waals surface area contributed by atoms with Gasteiger partial charge in [-0.2, -0.15) is 0 Å². The maximum atomic E-state index is 14.1. The van der Waals surface area contributed by atoms with E-state index >= 15 is 0 Å². The van der Waals surface area contributed by atoms with Gasteiger partial charge in [0.05, 0.1) is 6.42 Å². The number of cyclic esters (lactones) is 1. The van der Waals surface area contributed by atoms with E-state index in [9.17, 15) is 19.2 Å². The molecule has 40 heavy (non-hydrogen) atoms. The number of carbonyl (C=O) groups is 4. The summed E-state index contributed by atoms with van der Waals surface area (Å²) in [6.07, 6.45) is 5.50. The van der Waals surface area contributed by atoms with Gasteiger partial charge in [-0.25, -0.2) is 0 Å². The molecule has 11 nitrogen and oxygen atoms in total. The lowest BCUT2D eigenvalue weighted by Gasteiger charge is -2.47. The van der Waals surface area contributed by atoms with Crippen molar-refractivity contribution in [3.05, 3.63) is 54.4 Å². The smallest absolute Gasteiger partial charge is 0.310 e. The van der Waals surface area contributed by atoms with Crippen molar-refractivity contribution in [2.45, 2.75) is 63.6 Å². The summed E-state index contributed by atoms with van der Waals surface area (Å²) >= 11 is 0. The molecular weight excluding hydrogens is 514 g/mol. The molecule has 2 aromatic rings. The first-order valence-corrected chi connectivity index (χ1v) is 13.8. The van der Waals surface area contributed by atoms with Crippen LogP contribution in [0, 0.1) is 0 Å². The zero-order valence-electron chi connectivity index (χ0n) is 22.7. The van der Waals surface area contributed by atoms with Crippen LogP contribution in [0.15, 0.2) is 48.7 Å². The zero-order valence-corrected chi connectivity index (χ0v) is 22.7. The minimum Gasteiger partial charge on any atom is -0.433 e. The Morgan fingerprint density at radius 2 is 1.88 bits per heavy atom. The van der Waals surface area contributed by atoms with Crippen LogP contribution in [0.3, 0.4) is 0 Å². The van der Waals surface area contributed by atoms with Crippen LogP contribution in [0.25, 0.3) is 10.8 Å². The number of hydrogen-bond acceptors (Lipinski definition) is 8. The van der Waals surface area contributed by atoms with Crippen molar-refractivity contribution in [2.75, 3.05) is 26.2 Å². The van der Waals surface area contributed by atoms with Crippen LogP contribution in [-0.2, 0) is 23.9 Å². The Labute approximate surface area is 232 Å². The number of benzene rings is 1. The molecule has 3 amide bonds. The number of ether oxygens (including phenoxy) is 2. The van der Waals surface area contributed by atoms with Gasteiger partial charge in [-0.1, -0.05) is 43.3 Å². The van der Waals surface area contributed by atoms with E-state index < -0.39 is 36.3 Å². The molecule has 5 atom stereocenters. The standard InChI is InChI=1S/C29H35N5O6/c1-3-33-16-19-10-6-8-12-21(31-27(37)25-20-11-7-5-9-18(20)13-14-30-25)28(38)34(19)23(17-33)26(36)32-22-15-24(35)40-29(22)39-4-2/h5-9,11,13-14,19,21-23,29H,3-4,10,12,15-17H2,1-2H3,(H,31,37)(H,32,36)/b8-6-/t19-,21-,22?,23-,29?/m0/s1. The van der Waals surface area contributed by atoms with E-state index in [1.807, 2.05) is 49.4 Å². The van der Waals surface area contributed by atoms with Gasteiger partial charge in [0.2, 0.25) is 18.1 Å². The number of nitrogens with zero attached hydrogens (tertiary/aromatic N) is 3. The van der Waals surface area contributed by atoms with Crippen molar-refractivity contribution in [1.29, 1.82) is 0 Å². The summed E-state index contributed by atoms with van der Waals surface area (Å²) < 4.78 is 10.7. The number of likely N-dealkylation sites (N-methyl/N-ethyl adjacent to an activating group) is 1. The Morgan fingerprint density at radius 3 is 2.67 bits per heavy atom. The fraction of sp³-hybridized carbons (Fsp3) is 0.483. The van der Waals surface area contributed by atoms with Crippen LogP contribution in [0.1, 0.15) is 43.6 Å². The van der Waals surface area contributed by atoms with Gasteiger partial charge in [-0.15, -0.1) is 0 Å². The van der Waals surface area contributed by atoms with E-state index in [0.717, 1.165) is 5.39 Å². The number of carbonyl (C=O) groups excluding carboxylic acids is 4. The number of rotatable bonds is 7. The average molecular weight is 550 g/mol. The zero-order chi connectivity index (χ0) is 28.2. The van der Waals surface area contributed by atoms with E-state index in [0.29, 0.717) is 44.5 Å². The quantitative estimate of drug-likeness (QED) is 0.391. The van der Waals surface area contributed by atoms with Crippen LogP contribution in [0.2, 0.25) is 0 Å². The number of esters is 1. The van der Waals surface area contributed by atoms with E-state index in [4.69, 9.17) is 9.47 Å². The van der Waals surface area contributed by atoms with Gasteiger partial charge in [-0.3, -0.25) is 29.1 Å². The second-order valence-corrected chi connectivity index (χ2v) is 10.2. The molecular formula is C29H35N5O6. The fourth-order valence-electron chi connectivity index (χ4n) is 5.70. The number of aromatic nitrogens is 1. The van der Waals surface area contributed by atoms with Gasteiger partial charge in [0.1, 0.15) is 23.8 Å². The molecule has 2 fully saturated rings. The predicted molar refractivity (Wildman–Crippen MR) is 146 cm³/mol. The van der Waals surface area contributed by atoms with Gasteiger partial charge < -0.3 is 25.0 Å². The Hall–Kier alpha value is -3.83. The van der Waals surface area contributed by atoms with Gasteiger partial charge in [0.15, 0.2) is 0 Å². The number of hydrogen-bond donors (Lipinski definition) is 2. The summed E-state index contributed by atoms with van der Waals surface area (Å²) in [4.78, 5) is 61.1. The lowest BCUT2D eigenvalue weighted by molar-refractivity contribution is -0.165. The monoisotopic (exact) mass is 549 g/mol. The molecule has 3 aliphatic heterocycles. The summed E-state index contributed by atoms with van der Waals surface area (Å²) in [5.41, 5.74) is 0.242. The molecule has 0 spiro atoms. The molecule has 4 heterocycles. The minimum atomic E-state index is -0.872. The molecule has 11 heteroatoms. The van der Waals surface area contributed by atoms with E-state index in [2.05, 4.69) is 20.5 Å². The average Bonchev–Trinajstić information content (AvgIpc) is 3.30. The topological polar surface area (TPSA) is 130 Å². The van der Waals surface area contributed by atoms with Crippen molar-refractivity contribution in [2.24, 2.45) is 0 Å². The van der Waals surface area contributed by atoms with Crippen molar-refractivity contribution in [3.8, 4) is 0 Å². The van der Waals surface area contributed by atoms with Crippen molar-refractivity contribution < 1.29 is 28.7 Å². The van der Waals surface area contributed by atoms with Crippen LogP contribution >= 0.6 is 0 Å².